The maximum Gasteiger partial charge on any atom is 0.130 e. The van der Waals surface area contributed by atoms with Crippen LogP contribution in [0, 0.1) is 13.8 Å². The number of hydrogen-bond acceptors (Lipinski definition) is 5. The molecule has 1 aromatic heterocycles. The number of aliphatic hydroxyl groups excluding tert-OH is 2. The minimum absolute atomic E-state index is 0.254. The van der Waals surface area contributed by atoms with Crippen molar-refractivity contribution in [2.24, 2.45) is 0 Å². The molecule has 0 aliphatic rings. The van der Waals surface area contributed by atoms with Crippen LogP contribution < -0.4 is 5.32 Å². The Bertz CT molecular complexity index is 284. The SMILES string of the molecule is Cc1cc(NCC(O)CO)nc(C)n1. The highest BCUT2D eigenvalue weighted by Crippen LogP contribution is 2.05. The molecule has 78 valence electrons. The van der Waals surface area contributed by atoms with Gasteiger partial charge >= 0.3 is 0 Å². The summed E-state index contributed by atoms with van der Waals surface area (Å²) in [6.07, 6.45) is -0.759. The van der Waals surface area contributed by atoms with E-state index in [1.807, 2.05) is 6.92 Å². The molecule has 0 amide bonds. The zero-order valence-corrected chi connectivity index (χ0v) is 8.36. The predicted molar refractivity (Wildman–Crippen MR) is 53.1 cm³/mol. The van der Waals surface area contributed by atoms with Crippen LogP contribution in [0.15, 0.2) is 6.07 Å². The van der Waals surface area contributed by atoms with Crippen LogP contribution in [0.25, 0.3) is 0 Å². The Balaban J connectivity index is 2.58. The molecule has 0 fully saturated rings. The Morgan fingerprint density at radius 1 is 1.43 bits per heavy atom. The van der Waals surface area contributed by atoms with Gasteiger partial charge in [0.25, 0.3) is 0 Å². The monoisotopic (exact) mass is 197 g/mol. The molecule has 3 N–H and O–H groups in total. The average Bonchev–Trinajstić information content (AvgIpc) is 2.12. The van der Waals surface area contributed by atoms with Crippen molar-refractivity contribution in [2.45, 2.75) is 20.0 Å². The molecule has 0 bridgehead atoms. The highest BCUT2D eigenvalue weighted by molar-refractivity contribution is 5.35. The Labute approximate surface area is 82.8 Å². The molecular weight excluding hydrogens is 182 g/mol. The van der Waals surface area contributed by atoms with Crippen molar-refractivity contribution in [3.8, 4) is 0 Å². The average molecular weight is 197 g/mol. The first-order chi connectivity index (χ1) is 6.61. The first-order valence-electron chi connectivity index (χ1n) is 4.47. The maximum atomic E-state index is 9.10. The van der Waals surface area contributed by atoms with Gasteiger partial charge in [0.15, 0.2) is 0 Å². The van der Waals surface area contributed by atoms with Crippen LogP contribution in [-0.4, -0.2) is 39.4 Å². The molecule has 1 unspecified atom stereocenters. The zero-order chi connectivity index (χ0) is 10.6. The third-order valence-corrected chi connectivity index (χ3v) is 1.70. The molecule has 5 heteroatoms. The molecule has 1 aromatic rings. The number of rotatable bonds is 4. The fourth-order valence-electron chi connectivity index (χ4n) is 1.09. The van der Waals surface area contributed by atoms with Gasteiger partial charge in [0.1, 0.15) is 11.6 Å². The van der Waals surface area contributed by atoms with E-state index in [0.29, 0.717) is 11.6 Å². The third-order valence-electron chi connectivity index (χ3n) is 1.70. The minimum atomic E-state index is -0.759. The first-order valence-corrected chi connectivity index (χ1v) is 4.47. The van der Waals surface area contributed by atoms with Crippen LogP contribution in [0.5, 0.6) is 0 Å². The van der Waals surface area contributed by atoms with Crippen molar-refractivity contribution in [3.05, 3.63) is 17.6 Å². The van der Waals surface area contributed by atoms with Crippen LogP contribution >= 0.6 is 0 Å². The lowest BCUT2D eigenvalue weighted by Crippen LogP contribution is -2.23. The molecule has 0 radical (unpaired) electrons. The van der Waals surface area contributed by atoms with Crippen LogP contribution in [0.2, 0.25) is 0 Å². The number of anilines is 1. The Hall–Kier alpha value is -1.20. The summed E-state index contributed by atoms with van der Waals surface area (Å²) >= 11 is 0. The van der Waals surface area contributed by atoms with Crippen molar-refractivity contribution in [2.75, 3.05) is 18.5 Å². The normalized spacial score (nSPS) is 12.6. The van der Waals surface area contributed by atoms with Gasteiger partial charge < -0.3 is 15.5 Å². The lowest BCUT2D eigenvalue weighted by Gasteiger charge is -2.10. The number of nitrogens with zero attached hydrogens (tertiary/aromatic N) is 2. The molecule has 0 aromatic carbocycles. The number of nitrogens with one attached hydrogen (secondary N) is 1. The number of aryl methyl sites for hydroxylation is 2. The summed E-state index contributed by atoms with van der Waals surface area (Å²) in [5.74, 6) is 1.36. The van der Waals surface area contributed by atoms with E-state index in [4.69, 9.17) is 10.2 Å². The Kier molecular flexibility index (Phi) is 3.79. The molecule has 0 saturated heterocycles. The van der Waals surface area contributed by atoms with Crippen molar-refractivity contribution in [1.82, 2.24) is 9.97 Å². The van der Waals surface area contributed by atoms with E-state index < -0.39 is 6.10 Å². The number of aromatic nitrogens is 2. The van der Waals surface area contributed by atoms with Gasteiger partial charge in [0, 0.05) is 18.3 Å². The molecule has 0 aliphatic heterocycles. The van der Waals surface area contributed by atoms with Gasteiger partial charge in [-0.15, -0.1) is 0 Å². The molecule has 0 spiro atoms. The molecule has 0 saturated carbocycles. The summed E-state index contributed by atoms with van der Waals surface area (Å²) < 4.78 is 0. The molecule has 1 heterocycles. The van der Waals surface area contributed by atoms with Crippen molar-refractivity contribution in [3.63, 3.8) is 0 Å². The van der Waals surface area contributed by atoms with Gasteiger partial charge in [-0.2, -0.15) is 0 Å². The van der Waals surface area contributed by atoms with Crippen molar-refractivity contribution >= 4 is 5.82 Å². The fraction of sp³-hybridized carbons (Fsp3) is 0.556. The summed E-state index contributed by atoms with van der Waals surface area (Å²) in [5, 5.41) is 20.6. The van der Waals surface area contributed by atoms with Gasteiger partial charge in [0.2, 0.25) is 0 Å². The fourth-order valence-corrected chi connectivity index (χ4v) is 1.09. The molecule has 1 atom stereocenters. The number of aliphatic hydroxyl groups is 2. The molecular formula is C9H15N3O2. The second-order valence-corrected chi connectivity index (χ2v) is 3.16. The second kappa shape index (κ2) is 4.88. The van der Waals surface area contributed by atoms with E-state index in [-0.39, 0.29) is 13.2 Å². The molecule has 1 rings (SSSR count). The smallest absolute Gasteiger partial charge is 0.130 e. The van der Waals surface area contributed by atoms with Crippen molar-refractivity contribution in [1.29, 1.82) is 0 Å². The largest absolute Gasteiger partial charge is 0.394 e. The zero-order valence-electron chi connectivity index (χ0n) is 8.36. The van der Waals surface area contributed by atoms with Crippen LogP contribution in [0.4, 0.5) is 5.82 Å². The predicted octanol–water partition coefficient (Wildman–Crippen LogP) is -0.141. The van der Waals surface area contributed by atoms with E-state index in [0.717, 1.165) is 5.69 Å². The van der Waals surface area contributed by atoms with E-state index in [2.05, 4.69) is 15.3 Å². The van der Waals surface area contributed by atoms with Crippen LogP contribution in [0.1, 0.15) is 11.5 Å². The topological polar surface area (TPSA) is 78.3 Å². The lowest BCUT2D eigenvalue weighted by atomic mass is 10.3. The standard InChI is InChI=1S/C9H15N3O2/c1-6-3-9(12-7(2)11-6)10-4-8(14)5-13/h3,8,13-14H,4-5H2,1-2H3,(H,10,11,12). The summed E-state index contributed by atoms with van der Waals surface area (Å²) in [5.41, 5.74) is 0.874. The first kappa shape index (κ1) is 10.9. The summed E-state index contributed by atoms with van der Waals surface area (Å²) in [6.45, 7) is 3.71. The summed E-state index contributed by atoms with van der Waals surface area (Å²) in [4.78, 5) is 8.24. The quantitative estimate of drug-likeness (QED) is 0.626. The third kappa shape index (κ3) is 3.27. The highest BCUT2D eigenvalue weighted by atomic mass is 16.3. The van der Waals surface area contributed by atoms with E-state index in [1.165, 1.54) is 0 Å². The van der Waals surface area contributed by atoms with E-state index in [9.17, 15) is 0 Å². The maximum absolute atomic E-state index is 9.10. The van der Waals surface area contributed by atoms with Gasteiger partial charge in [-0.05, 0) is 13.8 Å². The number of hydrogen-bond donors (Lipinski definition) is 3. The van der Waals surface area contributed by atoms with E-state index >= 15 is 0 Å². The van der Waals surface area contributed by atoms with Gasteiger partial charge in [-0.3, -0.25) is 0 Å². The van der Waals surface area contributed by atoms with Gasteiger partial charge in [-0.25, -0.2) is 9.97 Å². The minimum Gasteiger partial charge on any atom is -0.394 e. The summed E-state index contributed by atoms with van der Waals surface area (Å²) in [7, 11) is 0. The summed E-state index contributed by atoms with van der Waals surface area (Å²) in [6, 6.07) is 1.79. The van der Waals surface area contributed by atoms with Gasteiger partial charge in [0.05, 0.1) is 12.7 Å². The second-order valence-electron chi connectivity index (χ2n) is 3.16. The molecule has 14 heavy (non-hydrogen) atoms. The van der Waals surface area contributed by atoms with Crippen molar-refractivity contribution < 1.29 is 10.2 Å². The highest BCUT2D eigenvalue weighted by Gasteiger charge is 2.02. The Morgan fingerprint density at radius 2 is 2.14 bits per heavy atom. The Morgan fingerprint density at radius 3 is 2.71 bits per heavy atom. The van der Waals surface area contributed by atoms with E-state index in [1.54, 1.807) is 13.0 Å². The van der Waals surface area contributed by atoms with Crippen LogP contribution in [-0.2, 0) is 0 Å². The molecule has 5 nitrogen and oxygen atoms in total. The molecule has 0 aliphatic carbocycles. The lowest BCUT2D eigenvalue weighted by molar-refractivity contribution is 0.105. The van der Waals surface area contributed by atoms with Gasteiger partial charge in [-0.1, -0.05) is 0 Å². The van der Waals surface area contributed by atoms with Crippen LogP contribution in [0.3, 0.4) is 0 Å².